The van der Waals surface area contributed by atoms with E-state index in [9.17, 15) is 14.4 Å². The van der Waals surface area contributed by atoms with Gasteiger partial charge >= 0.3 is 0 Å². The number of nitrogens with one attached hydrogen (secondary N) is 2. The van der Waals surface area contributed by atoms with Gasteiger partial charge in [0.15, 0.2) is 0 Å². The van der Waals surface area contributed by atoms with E-state index in [2.05, 4.69) is 10.6 Å². The molecule has 1 fully saturated rings. The Morgan fingerprint density at radius 2 is 1.43 bits per heavy atom. The molecule has 0 radical (unpaired) electrons. The van der Waals surface area contributed by atoms with Gasteiger partial charge in [-0.15, -0.1) is 0 Å². The molecule has 0 atom stereocenters. The van der Waals surface area contributed by atoms with Gasteiger partial charge in [0.1, 0.15) is 0 Å². The number of anilines is 3. The molecule has 0 saturated carbocycles. The van der Waals surface area contributed by atoms with Crippen LogP contribution in [-0.4, -0.2) is 48.8 Å². The fourth-order valence-corrected chi connectivity index (χ4v) is 4.54. The second-order valence-electron chi connectivity index (χ2n) is 9.15. The first-order valence-corrected chi connectivity index (χ1v) is 12.9. The largest absolute Gasteiger partial charge is 0.376 e. The van der Waals surface area contributed by atoms with Crippen LogP contribution in [0.5, 0.6) is 0 Å². The first-order valence-electron chi connectivity index (χ1n) is 12.9. The van der Waals surface area contributed by atoms with Crippen molar-refractivity contribution in [1.29, 1.82) is 0 Å². The molecule has 0 aromatic heterocycles. The number of nitrogens with zero attached hydrogens (tertiary/aromatic N) is 2. The van der Waals surface area contributed by atoms with E-state index in [1.54, 1.807) is 47.4 Å². The monoisotopic (exact) mass is 498 g/mol. The van der Waals surface area contributed by atoms with Gasteiger partial charge in [0.2, 0.25) is 5.91 Å². The molecule has 0 unspecified atom stereocenters. The lowest BCUT2D eigenvalue weighted by molar-refractivity contribution is -0.114. The summed E-state index contributed by atoms with van der Waals surface area (Å²) >= 11 is 0. The van der Waals surface area contributed by atoms with Gasteiger partial charge in [-0.3, -0.25) is 14.4 Å². The highest BCUT2D eigenvalue weighted by atomic mass is 16.2. The Hall–Kier alpha value is -4.13. The van der Waals surface area contributed by atoms with Gasteiger partial charge in [-0.25, -0.2) is 0 Å². The van der Waals surface area contributed by atoms with Crippen molar-refractivity contribution >= 4 is 34.8 Å². The van der Waals surface area contributed by atoms with Crippen LogP contribution >= 0.6 is 0 Å². The number of amides is 3. The van der Waals surface area contributed by atoms with Crippen LogP contribution in [-0.2, 0) is 4.79 Å². The predicted octanol–water partition coefficient (Wildman–Crippen LogP) is 5.42. The van der Waals surface area contributed by atoms with Crippen molar-refractivity contribution in [3.8, 4) is 0 Å². The molecule has 2 N–H and O–H groups in total. The smallest absolute Gasteiger partial charge is 0.258 e. The zero-order chi connectivity index (χ0) is 26.0. The van der Waals surface area contributed by atoms with Crippen molar-refractivity contribution in [1.82, 2.24) is 4.90 Å². The number of hydrogen-bond acceptors (Lipinski definition) is 4. The average Bonchev–Trinajstić information content (AvgIpc) is 3.22. The molecule has 1 heterocycles. The van der Waals surface area contributed by atoms with Crippen molar-refractivity contribution in [3.05, 3.63) is 90.0 Å². The summed E-state index contributed by atoms with van der Waals surface area (Å²) in [6, 6.07) is 23.8. The number of benzene rings is 3. The number of rotatable bonds is 8. The van der Waals surface area contributed by atoms with E-state index in [1.165, 1.54) is 0 Å². The maximum absolute atomic E-state index is 13.1. The minimum atomic E-state index is -0.240. The van der Waals surface area contributed by atoms with Gasteiger partial charge in [-0.2, -0.15) is 0 Å². The molecule has 37 heavy (non-hydrogen) atoms. The molecule has 1 saturated heterocycles. The minimum absolute atomic E-state index is 0.00855. The molecule has 7 heteroatoms. The minimum Gasteiger partial charge on any atom is -0.376 e. The van der Waals surface area contributed by atoms with E-state index >= 15 is 0 Å². The van der Waals surface area contributed by atoms with Crippen LogP contribution in [0.4, 0.5) is 17.1 Å². The molecule has 0 aliphatic carbocycles. The van der Waals surface area contributed by atoms with Gasteiger partial charge in [-0.1, -0.05) is 43.2 Å². The summed E-state index contributed by atoms with van der Waals surface area (Å²) in [4.78, 5) is 42.3. The molecule has 4 rings (SSSR count). The van der Waals surface area contributed by atoms with Crippen LogP contribution in [0.1, 0.15) is 53.3 Å². The Balaban J connectivity index is 1.35. The summed E-state index contributed by atoms with van der Waals surface area (Å²) in [7, 11) is 0. The normalized spacial score (nSPS) is 13.4. The molecular weight excluding hydrogens is 464 g/mol. The van der Waals surface area contributed by atoms with Crippen molar-refractivity contribution in [2.75, 3.05) is 41.7 Å². The predicted molar refractivity (Wildman–Crippen MR) is 148 cm³/mol. The summed E-state index contributed by atoms with van der Waals surface area (Å²) < 4.78 is 0. The van der Waals surface area contributed by atoms with Gasteiger partial charge in [-0.05, 0) is 68.3 Å². The lowest BCUT2D eigenvalue weighted by atomic mass is 10.1. The van der Waals surface area contributed by atoms with Crippen LogP contribution < -0.4 is 15.5 Å². The lowest BCUT2D eigenvalue weighted by Crippen LogP contribution is -2.31. The summed E-state index contributed by atoms with van der Waals surface area (Å²) in [5, 5.41) is 5.96. The van der Waals surface area contributed by atoms with Crippen LogP contribution in [0.15, 0.2) is 78.9 Å². The van der Waals surface area contributed by atoms with Gasteiger partial charge < -0.3 is 20.4 Å². The van der Waals surface area contributed by atoms with E-state index < -0.39 is 0 Å². The average molecular weight is 499 g/mol. The second kappa shape index (κ2) is 12.7. The van der Waals surface area contributed by atoms with Gasteiger partial charge in [0.05, 0.1) is 6.54 Å². The van der Waals surface area contributed by atoms with Crippen molar-refractivity contribution in [3.63, 3.8) is 0 Å². The maximum atomic E-state index is 13.1. The van der Waals surface area contributed by atoms with E-state index in [4.69, 9.17) is 0 Å². The van der Waals surface area contributed by atoms with Crippen molar-refractivity contribution in [2.24, 2.45) is 0 Å². The lowest BCUT2D eigenvalue weighted by Gasteiger charge is -2.21. The highest BCUT2D eigenvalue weighted by Crippen LogP contribution is 2.19. The number of hydrogen-bond donors (Lipinski definition) is 2. The molecule has 3 aromatic rings. The topological polar surface area (TPSA) is 81.8 Å². The Morgan fingerprint density at radius 1 is 0.784 bits per heavy atom. The van der Waals surface area contributed by atoms with E-state index in [-0.39, 0.29) is 24.3 Å². The molecule has 0 bridgehead atoms. The Labute approximate surface area is 218 Å². The molecule has 7 nitrogen and oxygen atoms in total. The summed E-state index contributed by atoms with van der Waals surface area (Å²) in [5.74, 6) is -0.336. The number of carbonyl (C=O) groups is 3. The van der Waals surface area contributed by atoms with Crippen LogP contribution in [0, 0.1) is 0 Å². The summed E-state index contributed by atoms with van der Waals surface area (Å²) in [6.07, 6.45) is 4.38. The Bertz CT molecular complexity index is 1220. The quantitative estimate of drug-likeness (QED) is 0.435. The standard InChI is InChI=1S/C30H34N4O3/c1-2-34(27-16-6-5-7-17-27)30(37)24-13-10-14-25(20-24)31-22-28(35)32-26-15-11-12-23(21-26)29(36)33-18-8-3-4-9-19-33/h5-7,10-17,20-21,31H,2-4,8-9,18-19,22H2,1H3,(H,32,35). The molecule has 3 aromatic carbocycles. The highest BCUT2D eigenvalue weighted by molar-refractivity contribution is 6.06. The fraction of sp³-hybridized carbons (Fsp3) is 0.300. The van der Waals surface area contributed by atoms with Crippen LogP contribution in [0.3, 0.4) is 0 Å². The molecule has 192 valence electrons. The SMILES string of the molecule is CCN(C(=O)c1cccc(NCC(=O)Nc2cccc(C(=O)N3CCCCCC3)c2)c1)c1ccccc1. The van der Waals surface area contributed by atoms with E-state index in [0.29, 0.717) is 29.0 Å². The van der Waals surface area contributed by atoms with E-state index in [1.807, 2.05) is 48.2 Å². The molecule has 3 amide bonds. The molecule has 1 aliphatic rings. The first-order chi connectivity index (χ1) is 18.0. The van der Waals surface area contributed by atoms with Crippen LogP contribution in [0.2, 0.25) is 0 Å². The number of para-hydroxylation sites is 1. The molecule has 1 aliphatic heterocycles. The van der Waals surface area contributed by atoms with Crippen molar-refractivity contribution in [2.45, 2.75) is 32.6 Å². The zero-order valence-corrected chi connectivity index (χ0v) is 21.3. The zero-order valence-electron chi connectivity index (χ0n) is 21.3. The van der Waals surface area contributed by atoms with Gasteiger partial charge in [0, 0.05) is 47.8 Å². The summed E-state index contributed by atoms with van der Waals surface area (Å²) in [6.45, 7) is 4.07. The first kappa shape index (κ1) is 25.9. The third kappa shape index (κ3) is 6.97. The van der Waals surface area contributed by atoms with E-state index in [0.717, 1.165) is 44.5 Å². The van der Waals surface area contributed by atoms with Crippen molar-refractivity contribution < 1.29 is 14.4 Å². The fourth-order valence-electron chi connectivity index (χ4n) is 4.54. The third-order valence-corrected chi connectivity index (χ3v) is 6.48. The van der Waals surface area contributed by atoms with Gasteiger partial charge in [0.25, 0.3) is 11.8 Å². The Kier molecular flexibility index (Phi) is 8.92. The number of likely N-dealkylation sites (tertiary alicyclic amines) is 1. The molecular formula is C30H34N4O3. The third-order valence-electron chi connectivity index (χ3n) is 6.48. The maximum Gasteiger partial charge on any atom is 0.258 e. The number of carbonyl (C=O) groups excluding carboxylic acids is 3. The second-order valence-corrected chi connectivity index (χ2v) is 9.15. The Morgan fingerprint density at radius 3 is 2.14 bits per heavy atom. The molecule has 0 spiro atoms. The summed E-state index contributed by atoms with van der Waals surface area (Å²) in [5.41, 5.74) is 3.21. The van der Waals surface area contributed by atoms with Crippen LogP contribution in [0.25, 0.3) is 0 Å². The highest BCUT2D eigenvalue weighted by Gasteiger charge is 2.18.